The number of allylic oxidation sites excluding steroid dienone is 2. The van der Waals surface area contributed by atoms with Crippen LogP contribution >= 0.6 is 11.6 Å². The van der Waals surface area contributed by atoms with Crippen LogP contribution in [0.2, 0.25) is 0 Å². The molecule has 8 atom stereocenters. The maximum atomic E-state index is 13.2. The Morgan fingerprint density at radius 1 is 1.03 bits per heavy atom. The number of ketones is 1. The van der Waals surface area contributed by atoms with Crippen LogP contribution in [0.1, 0.15) is 98.8 Å². The van der Waals surface area contributed by atoms with Gasteiger partial charge in [-0.3, -0.25) is 4.79 Å². The minimum atomic E-state index is 0.0648. The molecule has 0 spiro atoms. The van der Waals surface area contributed by atoms with Crippen LogP contribution in [-0.2, 0) is 4.79 Å². The lowest BCUT2D eigenvalue weighted by molar-refractivity contribution is -0.129. The molecule has 0 radical (unpaired) electrons. The van der Waals surface area contributed by atoms with E-state index in [0.29, 0.717) is 23.0 Å². The predicted octanol–water partition coefficient (Wildman–Crippen LogP) is 7.81. The summed E-state index contributed by atoms with van der Waals surface area (Å²) in [6.07, 6.45) is 14.7. The van der Waals surface area contributed by atoms with Gasteiger partial charge in [0.05, 0.1) is 5.38 Å². The van der Waals surface area contributed by atoms with E-state index in [2.05, 4.69) is 40.7 Å². The van der Waals surface area contributed by atoms with E-state index in [1.54, 1.807) is 0 Å². The summed E-state index contributed by atoms with van der Waals surface area (Å²) in [4.78, 5) is 13.2. The Kier molecular flexibility index (Phi) is 6.04. The van der Waals surface area contributed by atoms with Crippen molar-refractivity contribution in [2.75, 3.05) is 0 Å². The fourth-order valence-corrected chi connectivity index (χ4v) is 8.77. The summed E-state index contributed by atoms with van der Waals surface area (Å²) < 4.78 is 0. The van der Waals surface area contributed by atoms with Gasteiger partial charge in [0.15, 0.2) is 5.78 Å². The third-order valence-electron chi connectivity index (χ3n) is 10.1. The maximum absolute atomic E-state index is 13.2. The zero-order chi connectivity index (χ0) is 21.0. The number of hydrogen-bond donors (Lipinski definition) is 0. The van der Waals surface area contributed by atoms with Crippen molar-refractivity contribution in [2.24, 2.45) is 46.3 Å². The SMILES string of the molecule is CC(C)CCC[C@@H](C)[C@H]1CC[C@H]2[C@@H]3CC(=O)C4=C[C@H](Cl)CC[C@]4(C)[C@H]3CC[C@]12C. The molecule has 0 heterocycles. The summed E-state index contributed by atoms with van der Waals surface area (Å²) in [5.41, 5.74) is 1.65. The Balaban J connectivity index is 1.53. The third-order valence-corrected chi connectivity index (χ3v) is 10.4. The van der Waals surface area contributed by atoms with E-state index >= 15 is 0 Å². The average molecular weight is 419 g/mol. The molecular formula is C27H43ClO. The summed E-state index contributed by atoms with van der Waals surface area (Å²) >= 11 is 6.44. The van der Waals surface area contributed by atoms with Crippen LogP contribution in [0.25, 0.3) is 0 Å². The third kappa shape index (κ3) is 3.66. The topological polar surface area (TPSA) is 17.1 Å². The van der Waals surface area contributed by atoms with Gasteiger partial charge in [0.1, 0.15) is 0 Å². The van der Waals surface area contributed by atoms with Crippen molar-refractivity contribution < 1.29 is 4.79 Å². The lowest BCUT2D eigenvalue weighted by Gasteiger charge is -2.58. The number of Topliss-reactive ketones (excluding diaryl/α,β-unsaturated/α-hetero) is 1. The summed E-state index contributed by atoms with van der Waals surface area (Å²) in [6, 6.07) is 0. The zero-order valence-corrected chi connectivity index (χ0v) is 20.2. The molecule has 1 nitrogen and oxygen atoms in total. The van der Waals surface area contributed by atoms with Crippen molar-refractivity contribution >= 4 is 17.4 Å². The van der Waals surface area contributed by atoms with Gasteiger partial charge in [0, 0.05) is 6.42 Å². The van der Waals surface area contributed by atoms with Crippen molar-refractivity contribution in [1.82, 2.24) is 0 Å². The molecule has 0 amide bonds. The van der Waals surface area contributed by atoms with Gasteiger partial charge in [-0.1, -0.05) is 60.0 Å². The monoisotopic (exact) mass is 418 g/mol. The summed E-state index contributed by atoms with van der Waals surface area (Å²) in [5, 5.41) is 0.0648. The summed E-state index contributed by atoms with van der Waals surface area (Å²) in [5.74, 6) is 5.01. The molecule has 4 aliphatic rings. The van der Waals surface area contributed by atoms with Crippen LogP contribution in [0.4, 0.5) is 0 Å². The average Bonchev–Trinajstić information content (AvgIpc) is 3.00. The second-order valence-electron chi connectivity index (χ2n) is 12.1. The molecule has 0 N–H and O–H groups in total. The Bertz CT molecular complexity index is 665. The number of fused-ring (bicyclic) bond motifs is 5. The molecule has 0 aliphatic heterocycles. The van der Waals surface area contributed by atoms with Crippen LogP contribution in [0.5, 0.6) is 0 Å². The van der Waals surface area contributed by atoms with Gasteiger partial charge in [-0.05, 0) is 90.4 Å². The zero-order valence-electron chi connectivity index (χ0n) is 19.5. The van der Waals surface area contributed by atoms with E-state index in [0.717, 1.165) is 48.5 Å². The van der Waals surface area contributed by atoms with Crippen molar-refractivity contribution in [3.8, 4) is 0 Å². The van der Waals surface area contributed by atoms with Crippen molar-refractivity contribution in [2.45, 2.75) is 104 Å². The van der Waals surface area contributed by atoms with Gasteiger partial charge in [0.25, 0.3) is 0 Å². The molecular weight excluding hydrogens is 376 g/mol. The molecule has 4 rings (SSSR count). The van der Waals surface area contributed by atoms with E-state index in [1.807, 2.05) is 0 Å². The van der Waals surface area contributed by atoms with E-state index < -0.39 is 0 Å². The normalized spacial score (nSPS) is 45.4. The number of hydrogen-bond acceptors (Lipinski definition) is 1. The first kappa shape index (κ1) is 21.9. The van der Waals surface area contributed by atoms with Gasteiger partial charge in [-0.2, -0.15) is 0 Å². The first-order chi connectivity index (χ1) is 13.7. The van der Waals surface area contributed by atoms with Crippen molar-refractivity contribution in [3.05, 3.63) is 11.6 Å². The van der Waals surface area contributed by atoms with E-state index in [4.69, 9.17) is 11.6 Å². The molecule has 0 aromatic heterocycles. The van der Waals surface area contributed by atoms with E-state index in [9.17, 15) is 4.79 Å². The fourth-order valence-electron chi connectivity index (χ4n) is 8.54. The van der Waals surface area contributed by atoms with Gasteiger partial charge in [-0.15, -0.1) is 11.6 Å². The highest BCUT2D eigenvalue weighted by atomic mass is 35.5. The Morgan fingerprint density at radius 3 is 2.52 bits per heavy atom. The highest BCUT2D eigenvalue weighted by molar-refractivity contribution is 6.22. The van der Waals surface area contributed by atoms with E-state index in [1.165, 1.54) is 44.9 Å². The molecule has 29 heavy (non-hydrogen) atoms. The Hall–Kier alpha value is -0.300. The molecule has 4 aliphatic carbocycles. The Labute approximate surface area is 184 Å². The number of alkyl halides is 1. The molecule has 2 heteroatoms. The number of carbonyl (C=O) groups is 1. The minimum Gasteiger partial charge on any atom is -0.295 e. The standard InChI is InChI=1S/C27H43ClO/c1-17(2)7-6-8-18(3)21-9-10-22-20-16-25(29)24-15-19(28)11-13-27(24,5)23(20)12-14-26(21,22)4/h15,17-23H,6-14,16H2,1-5H3/t18-,19-,20+,21-,22+,23+,26-,27-/m1/s1. The smallest absolute Gasteiger partial charge is 0.159 e. The summed E-state index contributed by atoms with van der Waals surface area (Å²) in [6.45, 7) is 12.2. The molecule has 0 unspecified atom stereocenters. The predicted molar refractivity (Wildman–Crippen MR) is 123 cm³/mol. The molecule has 0 aromatic carbocycles. The minimum absolute atomic E-state index is 0.0648. The molecule has 3 saturated carbocycles. The van der Waals surface area contributed by atoms with Crippen molar-refractivity contribution in [1.29, 1.82) is 0 Å². The summed E-state index contributed by atoms with van der Waals surface area (Å²) in [7, 11) is 0. The largest absolute Gasteiger partial charge is 0.295 e. The molecule has 0 saturated heterocycles. The van der Waals surface area contributed by atoms with Gasteiger partial charge in [0.2, 0.25) is 0 Å². The van der Waals surface area contributed by atoms with Crippen LogP contribution in [-0.4, -0.2) is 11.2 Å². The number of halogens is 1. The van der Waals surface area contributed by atoms with Crippen LogP contribution in [0.15, 0.2) is 11.6 Å². The first-order valence-corrected chi connectivity index (χ1v) is 13.0. The van der Waals surface area contributed by atoms with Crippen molar-refractivity contribution in [3.63, 3.8) is 0 Å². The lowest BCUT2D eigenvalue weighted by Crippen LogP contribution is -2.53. The molecule has 0 bridgehead atoms. The van der Waals surface area contributed by atoms with Crippen LogP contribution < -0.4 is 0 Å². The van der Waals surface area contributed by atoms with Gasteiger partial charge < -0.3 is 0 Å². The lowest BCUT2D eigenvalue weighted by atomic mass is 9.46. The highest BCUT2D eigenvalue weighted by Gasteiger charge is 2.60. The molecule has 164 valence electrons. The van der Waals surface area contributed by atoms with Crippen LogP contribution in [0, 0.1) is 46.3 Å². The highest BCUT2D eigenvalue weighted by Crippen LogP contribution is 2.67. The maximum Gasteiger partial charge on any atom is 0.159 e. The van der Waals surface area contributed by atoms with Gasteiger partial charge in [-0.25, -0.2) is 0 Å². The second-order valence-corrected chi connectivity index (χ2v) is 12.6. The number of rotatable bonds is 5. The molecule has 3 fully saturated rings. The van der Waals surface area contributed by atoms with Gasteiger partial charge >= 0.3 is 0 Å². The quantitative estimate of drug-likeness (QED) is 0.416. The number of carbonyl (C=O) groups excluding carboxylic acids is 1. The first-order valence-electron chi connectivity index (χ1n) is 12.6. The fraction of sp³-hybridized carbons (Fsp3) is 0.889. The molecule has 0 aromatic rings. The second kappa shape index (κ2) is 7.99. The van der Waals surface area contributed by atoms with E-state index in [-0.39, 0.29) is 10.8 Å². The van der Waals surface area contributed by atoms with Crippen LogP contribution in [0.3, 0.4) is 0 Å². The Morgan fingerprint density at radius 2 is 1.79 bits per heavy atom.